The van der Waals surface area contributed by atoms with Gasteiger partial charge in [-0.2, -0.15) is 0 Å². The van der Waals surface area contributed by atoms with E-state index in [4.69, 9.17) is 22.6 Å². The van der Waals surface area contributed by atoms with Crippen molar-refractivity contribution in [2.24, 2.45) is 0 Å². The molecule has 0 rings (SSSR count). The molecule has 0 saturated carbocycles. The van der Waals surface area contributed by atoms with Gasteiger partial charge in [-0.15, -0.1) is 12.7 Å². The summed E-state index contributed by atoms with van der Waals surface area (Å²) in [6.07, 6.45) is -0.417. The minimum atomic E-state index is -5.17. The predicted octanol–water partition coefficient (Wildman–Crippen LogP) is -3.19. The number of hydrogen-bond acceptors (Lipinski definition) is 6. The lowest BCUT2D eigenvalue weighted by atomic mass is 10.5. The van der Waals surface area contributed by atoms with Crippen molar-refractivity contribution >= 4 is 10.4 Å². The summed E-state index contributed by atoms with van der Waals surface area (Å²) in [5, 5.41) is 18.5. The Labute approximate surface area is 113 Å². The molecule has 0 bridgehead atoms. The van der Waals surface area contributed by atoms with Gasteiger partial charge in [0.15, 0.2) is 0 Å². The Kier molecular flexibility index (Phi) is 218. The van der Waals surface area contributed by atoms with Crippen LogP contribution in [0, 0.1) is 0 Å². The maximum absolute atomic E-state index is 9.53. The van der Waals surface area contributed by atoms with Crippen LogP contribution in [0.5, 0.6) is 0 Å². The van der Waals surface area contributed by atoms with Gasteiger partial charge in [0, 0.05) is 10.4 Å². The van der Waals surface area contributed by atoms with Gasteiger partial charge >= 0.3 is 0 Å². The molecule has 13 nitrogen and oxygen atoms in total. The van der Waals surface area contributed by atoms with E-state index in [1.807, 2.05) is 0 Å². The average molecular weight is 326 g/mol. The molecule has 0 aromatic heterocycles. The predicted molar refractivity (Wildman–Crippen MR) is 70.9 cm³/mol. The minimum absolute atomic E-state index is 0. The molecule has 14 heteroatoms. The van der Waals surface area contributed by atoms with Crippen molar-refractivity contribution in [2.45, 2.75) is 26.9 Å². The molecule has 0 fully saturated rings. The van der Waals surface area contributed by atoms with Crippen molar-refractivity contribution in [1.29, 1.82) is 0 Å². The minimum Gasteiger partial charge on any atom is -0.855 e. The van der Waals surface area contributed by atoms with Gasteiger partial charge in [0.25, 0.3) is 0 Å². The van der Waals surface area contributed by atoms with Crippen molar-refractivity contribution in [3.8, 4) is 0 Å². The fraction of sp³-hybridized carbons (Fsp3) is 1.00. The lowest BCUT2D eigenvalue weighted by Gasteiger charge is -2.06. The second kappa shape index (κ2) is 52.8. The summed E-state index contributed by atoms with van der Waals surface area (Å²) in [4.78, 5) is 0. The molecule has 0 unspecified atom stereocenters. The van der Waals surface area contributed by atoms with Crippen molar-refractivity contribution in [2.75, 3.05) is 6.61 Å². The molecule has 0 aliphatic rings. The summed E-state index contributed by atoms with van der Waals surface area (Å²) in [6.45, 7) is 4.79. The van der Waals surface area contributed by atoms with E-state index in [9.17, 15) is 5.11 Å². The highest BCUT2D eigenvalue weighted by Gasteiger charge is 1.53. The van der Waals surface area contributed by atoms with Gasteiger partial charge < -0.3 is 60.3 Å². The Hall–Kier alpha value is -0.490. The van der Waals surface area contributed by atoms with Crippen LogP contribution in [0.3, 0.4) is 0 Å². The largest absolute Gasteiger partial charge is 0.855 e. The van der Waals surface area contributed by atoms with E-state index >= 15 is 0 Å². The monoisotopic (exact) mass is 326 g/mol. The quantitative estimate of drug-likeness (QED) is 0.262. The smallest absolute Gasteiger partial charge is 0.0311 e. The molecule has 0 radical (unpaired) electrons. The first-order valence-corrected chi connectivity index (χ1v) is 4.39. The Balaban J connectivity index is -0.00000000687. The second-order valence-corrected chi connectivity index (χ2v) is 2.56. The summed E-state index contributed by atoms with van der Waals surface area (Å²) in [7, 11) is -5.17. The third-order valence-corrected chi connectivity index (χ3v) is 0. The Morgan fingerprint density at radius 1 is 0.895 bits per heavy atom. The molecule has 0 aromatic carbocycles. The number of rotatable bonds is 0. The fourth-order valence-electron chi connectivity index (χ4n) is 0. The van der Waals surface area contributed by atoms with Gasteiger partial charge in [-0.05, 0) is 0 Å². The maximum atomic E-state index is 9.53. The van der Waals surface area contributed by atoms with Crippen molar-refractivity contribution in [1.82, 2.24) is 24.6 Å². The number of quaternary nitrogens is 4. The molecule has 0 atom stereocenters. The van der Waals surface area contributed by atoms with Gasteiger partial charge in [-0.3, -0.25) is 8.42 Å². The molecule has 0 aliphatic carbocycles. The van der Waals surface area contributed by atoms with Crippen LogP contribution in [0.2, 0.25) is 0 Å². The lowest BCUT2D eigenvalue weighted by molar-refractivity contribution is -0.407. The first kappa shape index (κ1) is 78.4. The summed E-state index contributed by atoms with van der Waals surface area (Å²) in [5.41, 5.74) is 0. The Morgan fingerprint density at radius 3 is 0.895 bits per heavy atom. The van der Waals surface area contributed by atoms with E-state index in [2.05, 4.69) is 0 Å². The maximum Gasteiger partial charge on any atom is 0.0311 e. The molecule has 19 heavy (non-hydrogen) atoms. The van der Waals surface area contributed by atoms with Gasteiger partial charge in [-0.25, -0.2) is 0 Å². The summed E-state index contributed by atoms with van der Waals surface area (Å²) < 4.78 is 34.1. The molecule has 0 amide bonds. The van der Waals surface area contributed by atoms with Crippen LogP contribution in [0.15, 0.2) is 0 Å². The summed E-state index contributed by atoms with van der Waals surface area (Å²) >= 11 is 0. The first-order valence-electron chi connectivity index (χ1n) is 3.05. The van der Waals surface area contributed by atoms with Crippen molar-refractivity contribution < 1.29 is 44.2 Å². The molecule has 0 heterocycles. The first-order chi connectivity index (χ1) is 5.15. The van der Waals surface area contributed by atoms with Crippen LogP contribution in [0.25, 0.3) is 0 Å². The standard InChI is InChI=1S/C3H7O.C2H5O.4H3N.H2O4S.3H2O/c1-3(2)4;1-2-3;;;;;1-5(2,3)4;;;/h3H,1-2H3;2H2,1H3;4*1H3;(H2,1,2,3,4);3*1H2/q2*-1;;;;;;;;/p+2. The SMILES string of the molecule is CC(C)[O-].CC[O-].O.O.O.O=S(=O)([O-])[O-].[NH4+].[NH4+].[NH4+].[NH4+]. The van der Waals surface area contributed by atoms with E-state index in [0.717, 1.165) is 0 Å². The van der Waals surface area contributed by atoms with Crippen LogP contribution >= 0.6 is 0 Å². The topological polar surface area (TPSA) is 367 Å². The van der Waals surface area contributed by atoms with Crippen LogP contribution in [0.1, 0.15) is 20.8 Å². The summed E-state index contributed by atoms with van der Waals surface area (Å²) in [5.74, 6) is 0. The highest BCUT2D eigenvalue weighted by molar-refractivity contribution is 7.79. The average Bonchev–Trinajstić information content (AvgIpc) is 1.56. The molecular weight excluding hydrogens is 292 g/mol. The zero-order valence-electron chi connectivity index (χ0n) is 12.6. The zero-order valence-corrected chi connectivity index (χ0v) is 13.5. The summed E-state index contributed by atoms with van der Waals surface area (Å²) in [6, 6.07) is 0. The highest BCUT2D eigenvalue weighted by atomic mass is 32.3. The van der Waals surface area contributed by atoms with Crippen molar-refractivity contribution in [3.63, 3.8) is 0 Å². The molecule has 0 aliphatic heterocycles. The van der Waals surface area contributed by atoms with E-state index < -0.39 is 16.5 Å². The van der Waals surface area contributed by atoms with Crippen LogP contribution in [-0.4, -0.2) is 46.7 Å². The zero-order chi connectivity index (χ0) is 10.8. The third-order valence-electron chi connectivity index (χ3n) is 0. The van der Waals surface area contributed by atoms with Gasteiger partial charge in [0.05, 0.1) is 0 Å². The van der Waals surface area contributed by atoms with Gasteiger partial charge in [0.1, 0.15) is 0 Å². The molecular formula is C5H34N4O9S. The fourth-order valence-corrected chi connectivity index (χ4v) is 0. The van der Waals surface area contributed by atoms with Crippen LogP contribution in [-0.2, 0) is 10.4 Å². The third kappa shape index (κ3) is 17500. The number of hydrogen-bond donors (Lipinski definition) is 4. The normalized spacial score (nSPS) is 5.89. The van der Waals surface area contributed by atoms with Gasteiger partial charge in [-0.1, -0.05) is 20.8 Å². The van der Waals surface area contributed by atoms with Crippen LogP contribution in [0.4, 0.5) is 0 Å². The molecule has 134 valence electrons. The molecule has 0 spiro atoms. The lowest BCUT2D eigenvalue weighted by Crippen LogP contribution is -2.14. The Bertz CT molecular complexity index is 155. The molecule has 0 saturated heterocycles. The molecule has 22 N–H and O–H groups in total. The van der Waals surface area contributed by atoms with Gasteiger partial charge in [0.2, 0.25) is 0 Å². The highest BCUT2D eigenvalue weighted by Crippen LogP contribution is 1.57. The van der Waals surface area contributed by atoms with Crippen LogP contribution < -0.4 is 34.8 Å². The van der Waals surface area contributed by atoms with E-state index in [1.54, 1.807) is 20.8 Å². The van der Waals surface area contributed by atoms with E-state index in [1.165, 1.54) is 0 Å². The van der Waals surface area contributed by atoms with E-state index in [0.29, 0.717) is 0 Å². The molecule has 0 aromatic rings. The van der Waals surface area contributed by atoms with E-state index in [-0.39, 0.29) is 47.6 Å². The Morgan fingerprint density at radius 2 is 0.895 bits per heavy atom. The second-order valence-electron chi connectivity index (χ2n) is 1.75. The van der Waals surface area contributed by atoms with Crippen molar-refractivity contribution in [3.05, 3.63) is 0 Å².